The van der Waals surface area contributed by atoms with Crippen LogP contribution in [0.25, 0.3) is 6.08 Å². The Morgan fingerprint density at radius 3 is 2.56 bits per heavy atom. The molecule has 1 heterocycles. The SMILES string of the molecule is CC(=N)N1CCC(N=C(N)c2cccc(/C=C/CN(C)c3cccc(O)c3C(F)(F)F)c2)CC1. The summed E-state index contributed by atoms with van der Waals surface area (Å²) in [6.45, 7) is 3.59. The van der Waals surface area contributed by atoms with E-state index in [4.69, 9.17) is 11.1 Å². The molecule has 0 unspecified atom stereocenters. The number of phenolic OH excluding ortho intramolecular Hbond substituents is 1. The van der Waals surface area contributed by atoms with Crippen LogP contribution in [-0.2, 0) is 6.18 Å². The first-order valence-corrected chi connectivity index (χ1v) is 11.1. The molecule has 0 atom stereocenters. The minimum Gasteiger partial charge on any atom is -0.507 e. The normalized spacial score (nSPS) is 15.7. The number of rotatable bonds is 6. The molecule has 6 nitrogen and oxygen atoms in total. The summed E-state index contributed by atoms with van der Waals surface area (Å²) in [5, 5.41) is 17.4. The van der Waals surface area contributed by atoms with E-state index in [0.717, 1.165) is 43.1 Å². The molecule has 0 saturated carbocycles. The Bertz CT molecular complexity index is 1070. The molecule has 1 aliphatic heterocycles. The number of alkyl halides is 3. The third-order valence-electron chi connectivity index (χ3n) is 5.85. The molecule has 1 fully saturated rings. The zero-order chi connectivity index (χ0) is 24.9. The van der Waals surface area contributed by atoms with E-state index < -0.39 is 17.5 Å². The van der Waals surface area contributed by atoms with Gasteiger partial charge in [0.25, 0.3) is 0 Å². The van der Waals surface area contributed by atoms with Crippen molar-refractivity contribution in [3.63, 3.8) is 0 Å². The largest absolute Gasteiger partial charge is 0.507 e. The van der Waals surface area contributed by atoms with Crippen molar-refractivity contribution < 1.29 is 18.3 Å². The fraction of sp³-hybridized carbons (Fsp3) is 0.360. The van der Waals surface area contributed by atoms with Crippen molar-refractivity contribution in [2.75, 3.05) is 31.6 Å². The monoisotopic (exact) mass is 473 g/mol. The molecule has 0 radical (unpaired) electrons. The molecular weight excluding hydrogens is 443 g/mol. The van der Waals surface area contributed by atoms with E-state index in [-0.39, 0.29) is 18.3 Å². The minimum atomic E-state index is -4.65. The summed E-state index contributed by atoms with van der Waals surface area (Å²) in [6, 6.07) is 11.4. The van der Waals surface area contributed by atoms with E-state index in [2.05, 4.69) is 4.99 Å². The molecule has 0 aliphatic carbocycles. The molecule has 4 N–H and O–H groups in total. The van der Waals surface area contributed by atoms with Crippen molar-refractivity contribution in [3.8, 4) is 5.75 Å². The fourth-order valence-electron chi connectivity index (χ4n) is 3.99. The maximum Gasteiger partial charge on any atom is 0.421 e. The Hall–Kier alpha value is -3.49. The quantitative estimate of drug-likeness (QED) is 0.418. The van der Waals surface area contributed by atoms with E-state index >= 15 is 0 Å². The lowest BCUT2D eigenvalue weighted by Crippen LogP contribution is -2.38. The first kappa shape index (κ1) is 25.1. The maximum atomic E-state index is 13.4. The van der Waals surface area contributed by atoms with Gasteiger partial charge in [-0.15, -0.1) is 0 Å². The Morgan fingerprint density at radius 2 is 1.91 bits per heavy atom. The summed E-state index contributed by atoms with van der Waals surface area (Å²) < 4.78 is 40.1. The Labute approximate surface area is 197 Å². The summed E-state index contributed by atoms with van der Waals surface area (Å²) in [5.41, 5.74) is 6.75. The van der Waals surface area contributed by atoms with Gasteiger partial charge in [-0.1, -0.05) is 36.4 Å². The number of likely N-dealkylation sites (tertiary alicyclic amines) is 1. The van der Waals surface area contributed by atoms with E-state index in [1.54, 1.807) is 20.0 Å². The molecule has 0 spiro atoms. The number of phenols is 1. The first-order chi connectivity index (χ1) is 16.1. The van der Waals surface area contributed by atoms with Gasteiger partial charge in [-0.25, -0.2) is 0 Å². The number of nitrogens with two attached hydrogens (primary N) is 1. The summed E-state index contributed by atoms with van der Waals surface area (Å²) >= 11 is 0. The Kier molecular flexibility index (Phi) is 7.86. The molecule has 9 heteroatoms. The van der Waals surface area contributed by atoms with Crippen LogP contribution in [0.2, 0.25) is 0 Å². The number of hydrogen-bond acceptors (Lipinski definition) is 4. The number of nitrogens with zero attached hydrogens (tertiary/aromatic N) is 3. The second kappa shape index (κ2) is 10.6. The third-order valence-corrected chi connectivity index (χ3v) is 5.85. The van der Waals surface area contributed by atoms with Gasteiger partial charge in [0.15, 0.2) is 0 Å². The van der Waals surface area contributed by atoms with Crippen molar-refractivity contribution in [1.82, 2.24) is 4.90 Å². The lowest BCUT2D eigenvalue weighted by molar-refractivity contribution is -0.138. The predicted molar refractivity (Wildman–Crippen MR) is 131 cm³/mol. The maximum absolute atomic E-state index is 13.4. The van der Waals surface area contributed by atoms with Crippen molar-refractivity contribution in [2.24, 2.45) is 10.7 Å². The number of piperidine rings is 1. The van der Waals surface area contributed by atoms with Crippen LogP contribution in [0.3, 0.4) is 0 Å². The van der Waals surface area contributed by atoms with Crippen molar-refractivity contribution >= 4 is 23.4 Å². The van der Waals surface area contributed by atoms with Crippen molar-refractivity contribution in [2.45, 2.75) is 32.0 Å². The summed E-state index contributed by atoms with van der Waals surface area (Å²) in [5.74, 6) is 0.230. The lowest BCUT2D eigenvalue weighted by atomic mass is 10.0. The molecule has 2 aromatic carbocycles. The van der Waals surface area contributed by atoms with Crippen LogP contribution in [0.15, 0.2) is 53.5 Å². The number of anilines is 1. The van der Waals surface area contributed by atoms with Gasteiger partial charge in [0, 0.05) is 32.2 Å². The van der Waals surface area contributed by atoms with Crippen LogP contribution in [0, 0.1) is 5.41 Å². The van der Waals surface area contributed by atoms with E-state index in [0.29, 0.717) is 11.7 Å². The van der Waals surface area contributed by atoms with Gasteiger partial charge in [0.1, 0.15) is 17.1 Å². The van der Waals surface area contributed by atoms with Crippen LogP contribution >= 0.6 is 0 Å². The highest BCUT2D eigenvalue weighted by Crippen LogP contribution is 2.41. The lowest BCUT2D eigenvalue weighted by Gasteiger charge is -2.31. The summed E-state index contributed by atoms with van der Waals surface area (Å²) in [7, 11) is 1.54. The minimum absolute atomic E-state index is 0.0912. The van der Waals surface area contributed by atoms with Gasteiger partial charge < -0.3 is 20.6 Å². The average molecular weight is 474 g/mol. The average Bonchev–Trinajstić information content (AvgIpc) is 2.78. The Morgan fingerprint density at radius 1 is 1.24 bits per heavy atom. The summed E-state index contributed by atoms with van der Waals surface area (Å²) in [4.78, 5) is 8.12. The molecule has 0 aromatic heterocycles. The number of likely N-dealkylation sites (N-methyl/N-ethyl adjacent to an activating group) is 1. The molecule has 3 rings (SSSR count). The number of aromatic hydroxyl groups is 1. The number of amidine groups is 2. The highest BCUT2D eigenvalue weighted by molar-refractivity contribution is 5.98. The van der Waals surface area contributed by atoms with Crippen LogP contribution in [0.1, 0.15) is 36.5 Å². The number of halogens is 3. The second-order valence-corrected chi connectivity index (χ2v) is 8.40. The fourth-order valence-corrected chi connectivity index (χ4v) is 3.99. The number of hydrogen-bond donors (Lipinski definition) is 3. The van der Waals surface area contributed by atoms with Crippen LogP contribution < -0.4 is 10.6 Å². The standard InChI is InChI=1S/C25H30F3N5O/c1-17(29)33-14-11-20(12-15-33)31-24(30)19-8-3-6-18(16-19)7-5-13-32(2)21-9-4-10-22(34)23(21)25(26,27)28/h3-10,16,20,29,34H,11-15H2,1-2H3,(H2,30,31)/b7-5+,29-17?. The zero-order valence-electron chi connectivity index (χ0n) is 19.3. The smallest absolute Gasteiger partial charge is 0.421 e. The predicted octanol–water partition coefficient (Wildman–Crippen LogP) is 4.73. The van der Waals surface area contributed by atoms with Crippen molar-refractivity contribution in [3.05, 3.63) is 65.2 Å². The van der Waals surface area contributed by atoms with Gasteiger partial charge in [-0.05, 0) is 43.5 Å². The van der Waals surface area contributed by atoms with Gasteiger partial charge in [-0.2, -0.15) is 13.2 Å². The second-order valence-electron chi connectivity index (χ2n) is 8.40. The first-order valence-electron chi connectivity index (χ1n) is 11.1. The zero-order valence-corrected chi connectivity index (χ0v) is 19.3. The number of aliphatic imine (C=N–C) groups is 1. The highest BCUT2D eigenvalue weighted by atomic mass is 19.4. The van der Waals surface area contributed by atoms with Crippen LogP contribution in [-0.4, -0.2) is 54.4 Å². The molecule has 1 saturated heterocycles. The van der Waals surface area contributed by atoms with Gasteiger partial charge in [-0.3, -0.25) is 10.4 Å². The third kappa shape index (κ3) is 6.30. The van der Waals surface area contributed by atoms with E-state index in [1.165, 1.54) is 17.0 Å². The van der Waals surface area contributed by atoms with Crippen molar-refractivity contribution in [1.29, 1.82) is 5.41 Å². The van der Waals surface area contributed by atoms with E-state index in [9.17, 15) is 18.3 Å². The molecular formula is C25H30F3N5O. The molecule has 1 aliphatic rings. The highest BCUT2D eigenvalue weighted by Gasteiger charge is 2.37. The molecule has 2 aromatic rings. The number of benzene rings is 2. The van der Waals surface area contributed by atoms with Gasteiger partial charge >= 0.3 is 6.18 Å². The van der Waals surface area contributed by atoms with E-state index in [1.807, 2.05) is 35.2 Å². The topological polar surface area (TPSA) is 88.9 Å². The van der Waals surface area contributed by atoms with Crippen LogP contribution in [0.4, 0.5) is 18.9 Å². The molecule has 0 bridgehead atoms. The van der Waals surface area contributed by atoms with Crippen LogP contribution in [0.5, 0.6) is 5.75 Å². The summed E-state index contributed by atoms with van der Waals surface area (Å²) in [6.07, 6.45) is 0.606. The Balaban J connectivity index is 1.66. The van der Waals surface area contributed by atoms with Gasteiger partial charge in [0.2, 0.25) is 0 Å². The molecule has 182 valence electrons. The molecule has 0 amide bonds. The number of nitrogens with one attached hydrogen (secondary N) is 1. The molecule has 34 heavy (non-hydrogen) atoms. The van der Waals surface area contributed by atoms with Gasteiger partial charge in [0.05, 0.1) is 17.6 Å².